The number of hydrogen-bond acceptors (Lipinski definition) is 2. The lowest BCUT2D eigenvalue weighted by atomic mass is 10.2. The van der Waals surface area contributed by atoms with Crippen LogP contribution in [0.25, 0.3) is 11.0 Å². The first-order valence-corrected chi connectivity index (χ1v) is 6.02. The summed E-state index contributed by atoms with van der Waals surface area (Å²) in [6, 6.07) is 6.89. The third-order valence-corrected chi connectivity index (χ3v) is 3.41. The van der Waals surface area contributed by atoms with Crippen LogP contribution in [0.3, 0.4) is 0 Å². The molecule has 0 radical (unpaired) electrons. The van der Waals surface area contributed by atoms with E-state index >= 15 is 0 Å². The highest BCUT2D eigenvalue weighted by Gasteiger charge is 2.20. The fourth-order valence-corrected chi connectivity index (χ4v) is 2.21. The molecule has 3 rings (SSSR count). The van der Waals surface area contributed by atoms with E-state index in [0.717, 1.165) is 22.6 Å². The summed E-state index contributed by atoms with van der Waals surface area (Å²) < 4.78 is 6.57. The summed E-state index contributed by atoms with van der Waals surface area (Å²) in [7, 11) is 0. The number of nitrogens with one attached hydrogen (secondary N) is 1. The lowest BCUT2D eigenvalue weighted by Gasteiger charge is -1.99. The zero-order chi connectivity index (χ0) is 10.3. The highest BCUT2D eigenvalue weighted by atomic mass is 79.9. The maximum absolute atomic E-state index is 5.55. The lowest BCUT2D eigenvalue weighted by molar-refractivity contribution is 0.600. The van der Waals surface area contributed by atoms with Crippen molar-refractivity contribution in [1.29, 1.82) is 0 Å². The van der Waals surface area contributed by atoms with Gasteiger partial charge in [0.05, 0.1) is 10.7 Å². The van der Waals surface area contributed by atoms with Crippen LogP contribution in [-0.2, 0) is 6.54 Å². The average Bonchev–Trinajstić information content (AvgIpc) is 2.97. The smallest absolute Gasteiger partial charge is 0.148 e. The number of halogens is 1. The standard InChI is InChI=1S/C12H12BrNO/c13-11-3-1-2-10-8(7-15-12(10)11)6-14-9-4-5-9/h1-3,7,9,14H,4-6H2. The zero-order valence-electron chi connectivity index (χ0n) is 8.29. The Morgan fingerprint density at radius 1 is 1.40 bits per heavy atom. The number of benzene rings is 1. The van der Waals surface area contributed by atoms with E-state index in [2.05, 4.69) is 27.3 Å². The average molecular weight is 266 g/mol. The molecule has 1 fully saturated rings. The van der Waals surface area contributed by atoms with E-state index in [1.54, 1.807) is 0 Å². The molecule has 0 aliphatic heterocycles. The molecule has 1 N–H and O–H groups in total. The quantitative estimate of drug-likeness (QED) is 0.920. The van der Waals surface area contributed by atoms with Gasteiger partial charge in [-0.15, -0.1) is 0 Å². The van der Waals surface area contributed by atoms with Gasteiger partial charge in [0.1, 0.15) is 5.58 Å². The van der Waals surface area contributed by atoms with Crippen molar-refractivity contribution in [1.82, 2.24) is 5.32 Å². The Bertz CT molecular complexity index is 487. The van der Waals surface area contributed by atoms with E-state index in [1.807, 2.05) is 18.4 Å². The van der Waals surface area contributed by atoms with Crippen LogP contribution in [0.1, 0.15) is 18.4 Å². The van der Waals surface area contributed by atoms with Gasteiger partial charge in [-0.25, -0.2) is 0 Å². The molecule has 0 unspecified atom stereocenters. The summed E-state index contributed by atoms with van der Waals surface area (Å²) in [4.78, 5) is 0. The van der Waals surface area contributed by atoms with E-state index in [4.69, 9.17) is 4.42 Å². The van der Waals surface area contributed by atoms with Gasteiger partial charge in [-0.2, -0.15) is 0 Å². The molecular weight excluding hydrogens is 254 g/mol. The highest BCUT2D eigenvalue weighted by molar-refractivity contribution is 9.10. The van der Waals surface area contributed by atoms with Crippen LogP contribution in [0.2, 0.25) is 0 Å². The first-order chi connectivity index (χ1) is 7.34. The Morgan fingerprint density at radius 2 is 2.27 bits per heavy atom. The van der Waals surface area contributed by atoms with Crippen molar-refractivity contribution in [3.05, 3.63) is 34.5 Å². The Kier molecular flexibility index (Phi) is 2.29. The topological polar surface area (TPSA) is 25.2 Å². The Morgan fingerprint density at radius 3 is 3.07 bits per heavy atom. The third-order valence-electron chi connectivity index (χ3n) is 2.79. The number of fused-ring (bicyclic) bond motifs is 1. The summed E-state index contributed by atoms with van der Waals surface area (Å²) >= 11 is 3.49. The minimum absolute atomic E-state index is 0.738. The van der Waals surface area contributed by atoms with Gasteiger partial charge in [-0.1, -0.05) is 12.1 Å². The summed E-state index contributed by atoms with van der Waals surface area (Å²) in [6.45, 7) is 0.911. The van der Waals surface area contributed by atoms with Crippen LogP contribution in [0.5, 0.6) is 0 Å². The highest BCUT2D eigenvalue weighted by Crippen LogP contribution is 2.28. The molecule has 1 aromatic heterocycles. The molecule has 0 spiro atoms. The second-order valence-electron chi connectivity index (χ2n) is 4.03. The van der Waals surface area contributed by atoms with Crippen molar-refractivity contribution in [3.63, 3.8) is 0 Å². The fraction of sp³-hybridized carbons (Fsp3) is 0.333. The van der Waals surface area contributed by atoms with Crippen LogP contribution in [-0.4, -0.2) is 6.04 Å². The second-order valence-corrected chi connectivity index (χ2v) is 4.89. The van der Waals surface area contributed by atoms with Gasteiger partial charge >= 0.3 is 0 Å². The summed E-state index contributed by atoms with van der Waals surface area (Å²) in [5.41, 5.74) is 2.20. The summed E-state index contributed by atoms with van der Waals surface area (Å²) in [5, 5.41) is 4.70. The van der Waals surface area contributed by atoms with Gasteiger partial charge in [0.15, 0.2) is 0 Å². The van der Waals surface area contributed by atoms with Crippen molar-refractivity contribution in [2.75, 3.05) is 0 Å². The molecule has 0 saturated heterocycles. The Balaban J connectivity index is 1.92. The molecule has 0 atom stereocenters. The molecule has 2 aromatic rings. The number of hydrogen-bond donors (Lipinski definition) is 1. The molecule has 1 heterocycles. The molecule has 1 aromatic carbocycles. The molecule has 78 valence electrons. The van der Waals surface area contributed by atoms with E-state index in [9.17, 15) is 0 Å². The third kappa shape index (κ3) is 1.82. The predicted molar refractivity (Wildman–Crippen MR) is 63.8 cm³/mol. The van der Waals surface area contributed by atoms with Gasteiger partial charge in [-0.3, -0.25) is 0 Å². The van der Waals surface area contributed by atoms with Crippen molar-refractivity contribution in [2.24, 2.45) is 0 Å². The van der Waals surface area contributed by atoms with Crippen molar-refractivity contribution < 1.29 is 4.42 Å². The fourth-order valence-electron chi connectivity index (χ4n) is 1.75. The van der Waals surface area contributed by atoms with Crippen LogP contribution in [0, 0.1) is 0 Å². The number of para-hydroxylation sites is 1. The molecule has 0 amide bonds. The minimum atomic E-state index is 0.738. The van der Waals surface area contributed by atoms with E-state index in [0.29, 0.717) is 0 Å². The van der Waals surface area contributed by atoms with Crippen LogP contribution in [0.4, 0.5) is 0 Å². The molecule has 2 nitrogen and oxygen atoms in total. The van der Waals surface area contributed by atoms with Gasteiger partial charge < -0.3 is 9.73 Å². The van der Waals surface area contributed by atoms with Gasteiger partial charge in [0, 0.05) is 23.5 Å². The van der Waals surface area contributed by atoms with Crippen molar-refractivity contribution in [3.8, 4) is 0 Å². The van der Waals surface area contributed by atoms with E-state index in [-0.39, 0.29) is 0 Å². The molecule has 15 heavy (non-hydrogen) atoms. The van der Waals surface area contributed by atoms with Crippen LogP contribution < -0.4 is 5.32 Å². The molecule has 1 aliphatic rings. The Hall–Kier alpha value is -0.800. The summed E-state index contributed by atoms with van der Waals surface area (Å²) in [6.07, 6.45) is 4.49. The van der Waals surface area contributed by atoms with Crippen LogP contribution in [0.15, 0.2) is 33.4 Å². The first-order valence-electron chi connectivity index (χ1n) is 5.22. The maximum Gasteiger partial charge on any atom is 0.148 e. The normalized spacial score (nSPS) is 16.1. The SMILES string of the molecule is Brc1cccc2c(CNC3CC3)coc12. The lowest BCUT2D eigenvalue weighted by Crippen LogP contribution is -2.14. The van der Waals surface area contributed by atoms with Gasteiger partial charge in [0.2, 0.25) is 0 Å². The van der Waals surface area contributed by atoms with Gasteiger partial charge in [-0.05, 0) is 34.8 Å². The zero-order valence-corrected chi connectivity index (χ0v) is 9.88. The first kappa shape index (κ1) is 9.43. The largest absolute Gasteiger partial charge is 0.463 e. The monoisotopic (exact) mass is 265 g/mol. The molecule has 0 bridgehead atoms. The molecule has 1 aliphatic carbocycles. The number of furan rings is 1. The van der Waals surface area contributed by atoms with Crippen molar-refractivity contribution >= 4 is 26.9 Å². The van der Waals surface area contributed by atoms with Gasteiger partial charge in [0.25, 0.3) is 0 Å². The van der Waals surface area contributed by atoms with Crippen LogP contribution >= 0.6 is 15.9 Å². The maximum atomic E-state index is 5.55. The minimum Gasteiger partial charge on any atom is -0.463 e. The second kappa shape index (κ2) is 3.65. The molecule has 1 saturated carbocycles. The molecular formula is C12H12BrNO. The predicted octanol–water partition coefficient (Wildman–Crippen LogP) is 3.45. The van der Waals surface area contributed by atoms with E-state index < -0.39 is 0 Å². The Labute approximate surface area is 96.8 Å². The van der Waals surface area contributed by atoms with E-state index in [1.165, 1.54) is 23.8 Å². The molecule has 3 heteroatoms. The number of rotatable bonds is 3. The summed E-state index contributed by atoms with van der Waals surface area (Å²) in [5.74, 6) is 0. The van der Waals surface area contributed by atoms with Crippen molar-refractivity contribution in [2.45, 2.75) is 25.4 Å².